The van der Waals surface area contributed by atoms with Crippen LogP contribution in [0.25, 0.3) is 0 Å². The van der Waals surface area contributed by atoms with Crippen molar-refractivity contribution in [1.29, 1.82) is 0 Å². The third kappa shape index (κ3) is 2.37. The second-order valence-electron chi connectivity index (χ2n) is 4.62. The van der Waals surface area contributed by atoms with Gasteiger partial charge in [-0.1, -0.05) is 0 Å². The number of aryl methyl sites for hydroxylation is 1. The van der Waals surface area contributed by atoms with Gasteiger partial charge in [-0.2, -0.15) is 5.10 Å². The van der Waals surface area contributed by atoms with E-state index in [1.54, 1.807) is 17.9 Å². The van der Waals surface area contributed by atoms with Crippen molar-refractivity contribution >= 4 is 10.0 Å². The smallest absolute Gasteiger partial charge is 0.274 e. The Balaban J connectivity index is 1.82. The van der Waals surface area contributed by atoms with Gasteiger partial charge in [0.1, 0.15) is 6.10 Å². The summed E-state index contributed by atoms with van der Waals surface area (Å²) in [5.41, 5.74) is 0.842. The predicted octanol–water partition coefficient (Wildman–Crippen LogP) is 0.822. The zero-order chi connectivity index (χ0) is 14.2. The molecule has 0 saturated carbocycles. The van der Waals surface area contributed by atoms with Crippen LogP contribution in [0.3, 0.4) is 0 Å². The molecule has 1 N–H and O–H groups in total. The standard InChI is InChI=1S/C12H15N3O4S/c1-15-10(4-6-13-15)12-9(5-8-19-12)14-20(16,17)11-3-2-7-18-11/h2-4,6-7,9,12,14H,5,8H2,1H3/t9-,12-/m0/s1. The molecule has 0 aromatic carbocycles. The van der Waals surface area contributed by atoms with E-state index in [2.05, 4.69) is 9.82 Å². The fourth-order valence-electron chi connectivity index (χ4n) is 2.34. The molecule has 8 heteroatoms. The van der Waals surface area contributed by atoms with Gasteiger partial charge in [0, 0.05) is 19.9 Å². The highest BCUT2D eigenvalue weighted by molar-refractivity contribution is 7.89. The Bertz CT molecular complexity index is 677. The van der Waals surface area contributed by atoms with Crippen molar-refractivity contribution < 1.29 is 17.6 Å². The molecule has 0 amide bonds. The summed E-state index contributed by atoms with van der Waals surface area (Å²) in [6.45, 7) is 0.501. The van der Waals surface area contributed by atoms with Crippen LogP contribution in [0.2, 0.25) is 0 Å². The Morgan fingerprint density at radius 1 is 1.45 bits per heavy atom. The summed E-state index contributed by atoms with van der Waals surface area (Å²) in [4.78, 5) is 0. The molecule has 1 aliphatic rings. The van der Waals surface area contributed by atoms with Crippen LogP contribution in [0, 0.1) is 0 Å². The normalized spacial score (nSPS) is 23.2. The van der Waals surface area contributed by atoms with Gasteiger partial charge in [-0.05, 0) is 24.6 Å². The molecule has 3 rings (SSSR count). The van der Waals surface area contributed by atoms with Crippen LogP contribution in [-0.4, -0.2) is 30.8 Å². The summed E-state index contributed by atoms with van der Waals surface area (Å²) in [5, 5.41) is 3.99. The average Bonchev–Trinajstić information content (AvgIpc) is 3.08. The Morgan fingerprint density at radius 2 is 2.30 bits per heavy atom. The van der Waals surface area contributed by atoms with Crippen molar-refractivity contribution in [2.75, 3.05) is 6.61 Å². The summed E-state index contributed by atoms with van der Waals surface area (Å²) in [6.07, 6.45) is 3.26. The minimum atomic E-state index is -3.66. The van der Waals surface area contributed by atoms with Crippen molar-refractivity contribution in [3.8, 4) is 0 Å². The highest BCUT2D eigenvalue weighted by Gasteiger charge is 2.35. The maximum Gasteiger partial charge on any atom is 0.274 e. The zero-order valence-electron chi connectivity index (χ0n) is 10.9. The predicted molar refractivity (Wildman–Crippen MR) is 69.3 cm³/mol. The van der Waals surface area contributed by atoms with Gasteiger partial charge in [0.15, 0.2) is 0 Å². The Hall–Kier alpha value is -1.64. The lowest BCUT2D eigenvalue weighted by Gasteiger charge is -2.19. The molecular formula is C12H15N3O4S. The van der Waals surface area contributed by atoms with Crippen molar-refractivity contribution in [2.45, 2.75) is 23.7 Å². The molecule has 2 aromatic rings. The monoisotopic (exact) mass is 297 g/mol. The second kappa shape index (κ2) is 5.04. The van der Waals surface area contributed by atoms with E-state index < -0.39 is 10.0 Å². The van der Waals surface area contributed by atoms with Crippen LogP contribution in [0.5, 0.6) is 0 Å². The average molecular weight is 297 g/mol. The molecule has 108 valence electrons. The minimum Gasteiger partial charge on any atom is -0.452 e. The first-order valence-corrected chi connectivity index (χ1v) is 7.71. The summed E-state index contributed by atoms with van der Waals surface area (Å²) >= 11 is 0. The number of sulfonamides is 1. The van der Waals surface area contributed by atoms with Crippen molar-refractivity contribution in [3.05, 3.63) is 36.4 Å². The summed E-state index contributed by atoms with van der Waals surface area (Å²) in [6, 6.07) is 4.44. The fourth-order valence-corrected chi connectivity index (χ4v) is 3.53. The second-order valence-corrected chi connectivity index (χ2v) is 6.26. The van der Waals surface area contributed by atoms with E-state index in [0.717, 1.165) is 5.69 Å². The first-order chi connectivity index (χ1) is 9.58. The van der Waals surface area contributed by atoms with E-state index in [4.69, 9.17) is 9.15 Å². The Morgan fingerprint density at radius 3 is 2.95 bits per heavy atom. The van der Waals surface area contributed by atoms with E-state index >= 15 is 0 Å². The van der Waals surface area contributed by atoms with E-state index in [1.807, 2.05) is 6.07 Å². The number of hydrogen-bond donors (Lipinski definition) is 1. The maximum absolute atomic E-state index is 12.2. The first-order valence-electron chi connectivity index (χ1n) is 6.23. The zero-order valence-corrected chi connectivity index (χ0v) is 11.7. The van der Waals surface area contributed by atoms with E-state index in [0.29, 0.717) is 13.0 Å². The van der Waals surface area contributed by atoms with Gasteiger partial charge in [-0.3, -0.25) is 4.68 Å². The topological polar surface area (TPSA) is 86.4 Å². The number of nitrogens with one attached hydrogen (secondary N) is 1. The molecule has 7 nitrogen and oxygen atoms in total. The SMILES string of the molecule is Cn1nccc1[C@H]1OCC[C@@H]1NS(=O)(=O)c1ccco1. The van der Waals surface area contributed by atoms with Gasteiger partial charge < -0.3 is 9.15 Å². The highest BCUT2D eigenvalue weighted by atomic mass is 32.2. The maximum atomic E-state index is 12.2. The molecule has 1 saturated heterocycles. The largest absolute Gasteiger partial charge is 0.452 e. The van der Waals surface area contributed by atoms with Crippen LogP contribution in [0.1, 0.15) is 18.2 Å². The summed E-state index contributed by atoms with van der Waals surface area (Å²) < 4.78 is 39.2. The molecule has 0 unspecified atom stereocenters. The summed E-state index contributed by atoms with van der Waals surface area (Å²) in [7, 11) is -1.86. The molecule has 0 spiro atoms. The highest BCUT2D eigenvalue weighted by Crippen LogP contribution is 2.29. The van der Waals surface area contributed by atoms with Gasteiger partial charge in [-0.25, -0.2) is 13.1 Å². The third-order valence-electron chi connectivity index (χ3n) is 3.31. The van der Waals surface area contributed by atoms with Gasteiger partial charge in [0.25, 0.3) is 10.0 Å². The van der Waals surface area contributed by atoms with E-state index in [1.165, 1.54) is 18.4 Å². The van der Waals surface area contributed by atoms with Gasteiger partial charge in [0.05, 0.1) is 18.0 Å². The first kappa shape index (κ1) is 13.3. The molecule has 2 aromatic heterocycles. The van der Waals surface area contributed by atoms with Gasteiger partial charge >= 0.3 is 0 Å². The number of aromatic nitrogens is 2. The molecular weight excluding hydrogens is 282 g/mol. The molecule has 1 fully saturated rings. The number of rotatable bonds is 4. The van der Waals surface area contributed by atoms with Crippen molar-refractivity contribution in [2.24, 2.45) is 7.05 Å². The van der Waals surface area contributed by atoms with Crippen LogP contribution >= 0.6 is 0 Å². The number of nitrogens with zero attached hydrogens (tertiary/aromatic N) is 2. The van der Waals surface area contributed by atoms with Crippen LogP contribution in [0.4, 0.5) is 0 Å². The number of furan rings is 1. The minimum absolute atomic E-state index is 0.0897. The van der Waals surface area contributed by atoms with Crippen LogP contribution in [0.15, 0.2) is 40.2 Å². The fraction of sp³-hybridized carbons (Fsp3) is 0.417. The molecule has 1 aliphatic heterocycles. The molecule has 20 heavy (non-hydrogen) atoms. The third-order valence-corrected chi connectivity index (χ3v) is 4.68. The lowest BCUT2D eigenvalue weighted by Crippen LogP contribution is -2.37. The Kier molecular flexibility index (Phi) is 3.36. The molecule has 3 heterocycles. The van der Waals surface area contributed by atoms with Crippen LogP contribution < -0.4 is 4.72 Å². The number of hydrogen-bond acceptors (Lipinski definition) is 5. The molecule has 0 aliphatic carbocycles. The lowest BCUT2D eigenvalue weighted by molar-refractivity contribution is 0.0958. The number of ether oxygens (including phenoxy) is 1. The van der Waals surface area contributed by atoms with E-state index in [-0.39, 0.29) is 17.2 Å². The van der Waals surface area contributed by atoms with E-state index in [9.17, 15) is 8.42 Å². The van der Waals surface area contributed by atoms with Gasteiger partial charge in [0.2, 0.25) is 5.09 Å². The molecule has 0 bridgehead atoms. The summed E-state index contributed by atoms with van der Waals surface area (Å²) in [5.74, 6) is 0. The molecule has 2 atom stereocenters. The Labute approximate surface area is 116 Å². The lowest BCUT2D eigenvalue weighted by atomic mass is 10.1. The van der Waals surface area contributed by atoms with Crippen molar-refractivity contribution in [1.82, 2.24) is 14.5 Å². The quantitative estimate of drug-likeness (QED) is 0.903. The van der Waals surface area contributed by atoms with Crippen molar-refractivity contribution in [3.63, 3.8) is 0 Å². The molecule has 0 radical (unpaired) electrons. The van der Waals surface area contributed by atoms with Gasteiger partial charge in [-0.15, -0.1) is 0 Å². The van der Waals surface area contributed by atoms with Crippen LogP contribution in [-0.2, 0) is 21.8 Å².